The van der Waals surface area contributed by atoms with Gasteiger partial charge in [0, 0.05) is 38.3 Å². The lowest BCUT2D eigenvalue weighted by Gasteiger charge is -2.35. The molecule has 1 fully saturated rings. The Balaban J connectivity index is 0.00000364. The monoisotopic (exact) mass is 409 g/mol. The summed E-state index contributed by atoms with van der Waals surface area (Å²) in [7, 11) is 0. The van der Waals surface area contributed by atoms with E-state index in [1.807, 2.05) is 13.8 Å². The lowest BCUT2D eigenvalue weighted by atomic mass is 10.1. The van der Waals surface area contributed by atoms with E-state index in [0.29, 0.717) is 37.5 Å². The molecule has 1 saturated heterocycles. The van der Waals surface area contributed by atoms with E-state index in [0.717, 1.165) is 0 Å². The van der Waals surface area contributed by atoms with Crippen LogP contribution in [-0.4, -0.2) is 61.9 Å². The molecule has 1 amide bonds. The van der Waals surface area contributed by atoms with Gasteiger partial charge < -0.3 is 15.4 Å². The van der Waals surface area contributed by atoms with Crippen molar-refractivity contribution in [2.75, 3.05) is 32.7 Å². The molecule has 154 valence electrons. The molecule has 27 heavy (non-hydrogen) atoms. The highest BCUT2D eigenvalue weighted by molar-refractivity contribution is 5.85. The van der Waals surface area contributed by atoms with Gasteiger partial charge in [0.05, 0.1) is 12.5 Å². The lowest BCUT2D eigenvalue weighted by molar-refractivity contribution is -0.184. The van der Waals surface area contributed by atoms with Gasteiger partial charge in [0.25, 0.3) is 0 Å². The molecule has 0 saturated carbocycles. The Morgan fingerprint density at radius 2 is 1.89 bits per heavy atom. The largest absolute Gasteiger partial charge is 0.491 e. The van der Waals surface area contributed by atoms with Crippen molar-refractivity contribution in [1.29, 1.82) is 0 Å². The zero-order valence-electron chi connectivity index (χ0n) is 15.5. The second-order valence-electron chi connectivity index (χ2n) is 6.60. The number of benzene rings is 1. The van der Waals surface area contributed by atoms with E-state index < -0.39 is 24.7 Å². The Hall–Kier alpha value is -1.51. The number of rotatable bonds is 7. The first-order valence-electron chi connectivity index (χ1n) is 8.80. The van der Waals surface area contributed by atoms with Crippen LogP contribution in [0, 0.1) is 0 Å². The van der Waals surface area contributed by atoms with Crippen molar-refractivity contribution in [1.82, 2.24) is 15.5 Å². The number of alkyl halides is 3. The number of ether oxygens (including phenoxy) is 1. The number of carbonyl (C=O) groups is 1. The van der Waals surface area contributed by atoms with Gasteiger partial charge in [-0.25, -0.2) is 0 Å². The van der Waals surface area contributed by atoms with Gasteiger partial charge in [0.15, 0.2) is 0 Å². The van der Waals surface area contributed by atoms with Crippen LogP contribution < -0.4 is 15.4 Å². The molecular weight excluding hydrogens is 383 g/mol. The maximum absolute atomic E-state index is 13.4. The molecule has 1 atom stereocenters. The minimum atomic E-state index is -4.39. The van der Waals surface area contributed by atoms with E-state index >= 15 is 0 Å². The first-order valence-corrected chi connectivity index (χ1v) is 8.80. The predicted octanol–water partition coefficient (Wildman–Crippen LogP) is 2.39. The maximum atomic E-state index is 13.4. The summed E-state index contributed by atoms with van der Waals surface area (Å²) in [5, 5.41) is 5.47. The number of para-hydroxylation sites is 1. The average Bonchev–Trinajstić information content (AvgIpc) is 2.56. The molecule has 1 unspecified atom stereocenters. The molecule has 0 radical (unpaired) electrons. The molecule has 1 aromatic rings. The van der Waals surface area contributed by atoms with Gasteiger partial charge in [-0.05, 0) is 19.9 Å². The molecule has 0 bridgehead atoms. The number of halogens is 4. The standard InChI is InChI=1S/C18H26F3N3O2.ClH/c1-13(2)26-15-6-4-3-5-14(15)11-17(25)23-12-16(18(19,20)21)24-9-7-22-8-10-24;/h3-6,13,16,22H,7-12H2,1-2H3,(H,23,25);1H. The first kappa shape index (κ1) is 23.5. The maximum Gasteiger partial charge on any atom is 0.405 e. The van der Waals surface area contributed by atoms with Crippen molar-refractivity contribution in [2.45, 2.75) is 38.6 Å². The minimum Gasteiger partial charge on any atom is -0.491 e. The number of carbonyl (C=O) groups excluding carboxylic acids is 1. The molecule has 5 nitrogen and oxygen atoms in total. The molecular formula is C18H27ClF3N3O2. The van der Waals surface area contributed by atoms with Crippen LogP contribution in [0.4, 0.5) is 13.2 Å². The van der Waals surface area contributed by atoms with Gasteiger partial charge in [-0.15, -0.1) is 12.4 Å². The van der Waals surface area contributed by atoms with Crippen LogP contribution in [0.25, 0.3) is 0 Å². The average molecular weight is 410 g/mol. The van der Waals surface area contributed by atoms with Gasteiger partial charge in [0.2, 0.25) is 5.91 Å². The van der Waals surface area contributed by atoms with Crippen LogP contribution in [-0.2, 0) is 11.2 Å². The molecule has 2 N–H and O–H groups in total. The molecule has 0 spiro atoms. The molecule has 1 aromatic carbocycles. The lowest BCUT2D eigenvalue weighted by Crippen LogP contribution is -2.57. The number of hydrogen-bond donors (Lipinski definition) is 2. The molecule has 2 rings (SSSR count). The molecule has 0 aromatic heterocycles. The summed E-state index contributed by atoms with van der Waals surface area (Å²) in [4.78, 5) is 13.6. The zero-order chi connectivity index (χ0) is 19.2. The highest BCUT2D eigenvalue weighted by Gasteiger charge is 2.43. The van der Waals surface area contributed by atoms with Crippen molar-refractivity contribution in [3.05, 3.63) is 29.8 Å². The first-order chi connectivity index (χ1) is 12.3. The van der Waals surface area contributed by atoms with E-state index in [1.54, 1.807) is 24.3 Å². The number of hydrogen-bond acceptors (Lipinski definition) is 4. The number of nitrogens with one attached hydrogen (secondary N) is 2. The summed E-state index contributed by atoms with van der Waals surface area (Å²) in [5.74, 6) is 0.126. The molecule has 0 aliphatic carbocycles. The molecule has 1 aliphatic rings. The third-order valence-electron chi connectivity index (χ3n) is 4.15. The number of piperazine rings is 1. The summed E-state index contributed by atoms with van der Waals surface area (Å²) in [5.41, 5.74) is 0.657. The van der Waals surface area contributed by atoms with E-state index in [1.165, 1.54) is 4.90 Å². The summed E-state index contributed by atoms with van der Waals surface area (Å²) in [6.45, 7) is 4.95. The SMILES string of the molecule is CC(C)Oc1ccccc1CC(=O)NCC(N1CCNCC1)C(F)(F)F.Cl. The highest BCUT2D eigenvalue weighted by Crippen LogP contribution is 2.25. The van der Waals surface area contributed by atoms with Gasteiger partial charge in [0.1, 0.15) is 11.8 Å². The van der Waals surface area contributed by atoms with E-state index in [-0.39, 0.29) is 24.9 Å². The molecule has 9 heteroatoms. The summed E-state index contributed by atoms with van der Waals surface area (Å²) in [6, 6.07) is 5.39. The van der Waals surface area contributed by atoms with Crippen molar-refractivity contribution in [2.24, 2.45) is 0 Å². The van der Waals surface area contributed by atoms with Crippen molar-refractivity contribution in [3.63, 3.8) is 0 Å². The third-order valence-corrected chi connectivity index (χ3v) is 4.15. The molecule has 1 aliphatic heterocycles. The normalized spacial score (nSPS) is 16.5. The van der Waals surface area contributed by atoms with Gasteiger partial charge >= 0.3 is 6.18 Å². The second kappa shape index (κ2) is 10.7. The fourth-order valence-corrected chi connectivity index (χ4v) is 2.91. The number of amides is 1. The van der Waals surface area contributed by atoms with Crippen LogP contribution >= 0.6 is 12.4 Å². The van der Waals surface area contributed by atoms with E-state index in [4.69, 9.17) is 4.74 Å². The van der Waals surface area contributed by atoms with Crippen LogP contribution in [0.3, 0.4) is 0 Å². The third kappa shape index (κ3) is 7.56. The Bertz CT molecular complexity index is 593. The Morgan fingerprint density at radius 3 is 2.48 bits per heavy atom. The Kier molecular flexibility index (Phi) is 9.35. The van der Waals surface area contributed by atoms with Crippen molar-refractivity contribution in [3.8, 4) is 5.75 Å². The second-order valence-corrected chi connectivity index (χ2v) is 6.60. The zero-order valence-corrected chi connectivity index (χ0v) is 16.3. The summed E-state index contributed by atoms with van der Waals surface area (Å²) < 4.78 is 45.7. The fraction of sp³-hybridized carbons (Fsp3) is 0.611. The highest BCUT2D eigenvalue weighted by atomic mass is 35.5. The quantitative estimate of drug-likeness (QED) is 0.726. The van der Waals surface area contributed by atoms with Crippen LogP contribution in [0.15, 0.2) is 24.3 Å². The predicted molar refractivity (Wildman–Crippen MR) is 100 cm³/mol. The smallest absolute Gasteiger partial charge is 0.405 e. The van der Waals surface area contributed by atoms with Gasteiger partial charge in [-0.1, -0.05) is 18.2 Å². The topological polar surface area (TPSA) is 53.6 Å². The van der Waals surface area contributed by atoms with Gasteiger partial charge in [-0.2, -0.15) is 13.2 Å². The van der Waals surface area contributed by atoms with Crippen molar-refractivity contribution >= 4 is 18.3 Å². The summed E-state index contributed by atoms with van der Waals surface area (Å²) >= 11 is 0. The summed E-state index contributed by atoms with van der Waals surface area (Å²) in [6.07, 6.45) is -4.46. The van der Waals surface area contributed by atoms with Gasteiger partial charge in [-0.3, -0.25) is 9.69 Å². The van der Waals surface area contributed by atoms with Crippen LogP contribution in [0.1, 0.15) is 19.4 Å². The fourth-order valence-electron chi connectivity index (χ4n) is 2.91. The number of nitrogens with zero attached hydrogens (tertiary/aromatic N) is 1. The Labute approximate surface area is 164 Å². The Morgan fingerprint density at radius 1 is 1.26 bits per heavy atom. The van der Waals surface area contributed by atoms with Crippen LogP contribution in [0.2, 0.25) is 0 Å². The van der Waals surface area contributed by atoms with Crippen molar-refractivity contribution < 1.29 is 22.7 Å². The van der Waals surface area contributed by atoms with Crippen LogP contribution in [0.5, 0.6) is 5.75 Å². The van der Waals surface area contributed by atoms with E-state index in [2.05, 4.69) is 10.6 Å². The molecule has 1 heterocycles. The minimum absolute atomic E-state index is 0. The van der Waals surface area contributed by atoms with E-state index in [9.17, 15) is 18.0 Å².